The van der Waals surface area contributed by atoms with E-state index in [-0.39, 0.29) is 5.78 Å². The minimum Gasteiger partial charge on any atom is -0.385 e. The maximum absolute atomic E-state index is 10.9. The van der Waals surface area contributed by atoms with Gasteiger partial charge in [-0.25, -0.2) is 0 Å². The van der Waals surface area contributed by atoms with Gasteiger partial charge in [0.15, 0.2) is 5.78 Å². The van der Waals surface area contributed by atoms with Crippen LogP contribution in [-0.4, -0.2) is 17.0 Å². The van der Waals surface area contributed by atoms with Crippen molar-refractivity contribution >= 4 is 5.78 Å². The van der Waals surface area contributed by atoms with Crippen LogP contribution in [0.15, 0.2) is 34.9 Å². The van der Waals surface area contributed by atoms with E-state index in [0.717, 1.165) is 25.7 Å². The van der Waals surface area contributed by atoms with Crippen molar-refractivity contribution in [1.82, 2.24) is 0 Å². The van der Waals surface area contributed by atoms with Gasteiger partial charge >= 0.3 is 0 Å². The number of hydrogen-bond acceptors (Lipinski definition) is 2. The molecule has 1 N–H and O–H groups in total. The van der Waals surface area contributed by atoms with Gasteiger partial charge in [-0.2, -0.15) is 0 Å². The summed E-state index contributed by atoms with van der Waals surface area (Å²) in [6.07, 6.45) is 10.4. The number of carbonyl (C=O) groups excluding carboxylic acids is 1. The van der Waals surface area contributed by atoms with Crippen molar-refractivity contribution in [1.29, 1.82) is 0 Å². The second kappa shape index (κ2) is 10.6. The van der Waals surface area contributed by atoms with Gasteiger partial charge in [0.1, 0.15) is 6.10 Å². The van der Waals surface area contributed by atoms with Crippen LogP contribution < -0.4 is 0 Å². The van der Waals surface area contributed by atoms with Crippen LogP contribution in [-0.2, 0) is 4.79 Å². The quantitative estimate of drug-likeness (QED) is 0.618. The molecule has 1 atom stereocenters. The standard InChI is InChI=1S/C18H30O2/c1-14(2)8-6-9-15(3)10-7-11-16(4)12-13-18(20)17(5)19/h8,10,12,18,20H,6-7,9,11,13H2,1-5H3/b15-10?,16-12+. The second-order valence-corrected chi connectivity index (χ2v) is 5.82. The number of rotatable bonds is 9. The lowest BCUT2D eigenvalue weighted by atomic mass is 10.0. The van der Waals surface area contributed by atoms with Crippen molar-refractivity contribution < 1.29 is 9.90 Å². The average molecular weight is 278 g/mol. The van der Waals surface area contributed by atoms with Gasteiger partial charge in [0.05, 0.1) is 0 Å². The van der Waals surface area contributed by atoms with Gasteiger partial charge in [0.2, 0.25) is 0 Å². The largest absolute Gasteiger partial charge is 0.385 e. The fourth-order valence-electron chi connectivity index (χ4n) is 1.82. The predicted octanol–water partition coefficient (Wildman–Crippen LogP) is 4.75. The first-order valence-corrected chi connectivity index (χ1v) is 7.46. The van der Waals surface area contributed by atoms with Gasteiger partial charge in [0, 0.05) is 0 Å². The molecule has 114 valence electrons. The van der Waals surface area contributed by atoms with Gasteiger partial charge in [0.25, 0.3) is 0 Å². The Morgan fingerprint density at radius 1 is 0.900 bits per heavy atom. The number of carbonyl (C=O) groups is 1. The summed E-state index contributed by atoms with van der Waals surface area (Å²) in [5, 5.41) is 9.42. The lowest BCUT2D eigenvalue weighted by molar-refractivity contribution is -0.124. The molecule has 0 fully saturated rings. The molecule has 0 aromatic rings. The van der Waals surface area contributed by atoms with E-state index in [0.29, 0.717) is 6.42 Å². The number of hydrogen-bond donors (Lipinski definition) is 1. The zero-order valence-electron chi connectivity index (χ0n) is 13.7. The van der Waals surface area contributed by atoms with Crippen LogP contribution in [0.2, 0.25) is 0 Å². The lowest BCUT2D eigenvalue weighted by Gasteiger charge is -2.04. The molecular weight excluding hydrogens is 248 g/mol. The maximum atomic E-state index is 10.9. The lowest BCUT2D eigenvalue weighted by Crippen LogP contribution is -2.15. The molecule has 0 bridgehead atoms. The summed E-state index contributed by atoms with van der Waals surface area (Å²) in [7, 11) is 0. The molecule has 0 rings (SSSR count). The smallest absolute Gasteiger partial charge is 0.158 e. The summed E-state index contributed by atoms with van der Waals surface area (Å²) >= 11 is 0. The summed E-state index contributed by atoms with van der Waals surface area (Å²) < 4.78 is 0. The van der Waals surface area contributed by atoms with Gasteiger partial charge < -0.3 is 5.11 Å². The van der Waals surface area contributed by atoms with Crippen molar-refractivity contribution in [3.63, 3.8) is 0 Å². The molecular formula is C18H30O2. The normalized spacial score (nSPS) is 14.1. The molecule has 0 spiro atoms. The molecule has 0 aliphatic carbocycles. The molecule has 20 heavy (non-hydrogen) atoms. The minimum absolute atomic E-state index is 0.163. The molecule has 1 unspecified atom stereocenters. The first-order valence-electron chi connectivity index (χ1n) is 7.46. The van der Waals surface area contributed by atoms with E-state index in [4.69, 9.17) is 0 Å². The van der Waals surface area contributed by atoms with E-state index in [9.17, 15) is 9.90 Å². The Labute approximate surface area is 124 Å². The molecule has 0 amide bonds. The van der Waals surface area contributed by atoms with E-state index < -0.39 is 6.10 Å². The van der Waals surface area contributed by atoms with Crippen LogP contribution in [0.1, 0.15) is 66.7 Å². The Kier molecular flexibility index (Phi) is 10.0. The Hall–Kier alpha value is -1.15. The summed E-state index contributed by atoms with van der Waals surface area (Å²) in [5.74, 6) is -0.163. The molecule has 0 radical (unpaired) electrons. The van der Waals surface area contributed by atoms with Crippen LogP contribution in [0.3, 0.4) is 0 Å². The Balaban J connectivity index is 3.99. The first-order chi connectivity index (χ1) is 9.32. The SMILES string of the molecule is CC(=O)C(O)C/C=C(\C)CCC=C(C)CCC=C(C)C. The highest BCUT2D eigenvalue weighted by Gasteiger charge is 2.06. The second-order valence-electron chi connectivity index (χ2n) is 5.82. The van der Waals surface area contributed by atoms with Crippen molar-refractivity contribution in [2.75, 3.05) is 0 Å². The van der Waals surface area contributed by atoms with Crippen LogP contribution in [0.25, 0.3) is 0 Å². The minimum atomic E-state index is -0.841. The zero-order chi connectivity index (χ0) is 15.5. The van der Waals surface area contributed by atoms with E-state index in [2.05, 4.69) is 39.8 Å². The van der Waals surface area contributed by atoms with E-state index in [1.54, 1.807) is 0 Å². The van der Waals surface area contributed by atoms with Crippen molar-refractivity contribution in [2.45, 2.75) is 72.8 Å². The number of aliphatic hydroxyl groups is 1. The van der Waals surface area contributed by atoms with Crippen LogP contribution in [0.4, 0.5) is 0 Å². The van der Waals surface area contributed by atoms with Crippen molar-refractivity contribution in [3.05, 3.63) is 34.9 Å². The molecule has 0 aliphatic heterocycles. The summed E-state index contributed by atoms with van der Waals surface area (Å²) in [6.45, 7) is 9.91. The highest BCUT2D eigenvalue weighted by atomic mass is 16.3. The third-order valence-corrected chi connectivity index (χ3v) is 3.28. The summed E-state index contributed by atoms with van der Waals surface area (Å²) in [6, 6.07) is 0. The zero-order valence-corrected chi connectivity index (χ0v) is 13.7. The Morgan fingerprint density at radius 3 is 1.90 bits per heavy atom. The van der Waals surface area contributed by atoms with Crippen LogP contribution in [0.5, 0.6) is 0 Å². The molecule has 0 aliphatic rings. The molecule has 0 heterocycles. The summed E-state index contributed by atoms with van der Waals surface area (Å²) in [4.78, 5) is 10.9. The van der Waals surface area contributed by atoms with Gasteiger partial charge in [-0.3, -0.25) is 4.79 Å². The maximum Gasteiger partial charge on any atom is 0.158 e. The molecule has 0 aromatic carbocycles. The fraction of sp³-hybridized carbons (Fsp3) is 0.611. The highest BCUT2D eigenvalue weighted by Crippen LogP contribution is 2.12. The van der Waals surface area contributed by atoms with Crippen LogP contribution in [0, 0.1) is 0 Å². The molecule has 0 aromatic heterocycles. The Morgan fingerprint density at radius 2 is 1.40 bits per heavy atom. The fourth-order valence-corrected chi connectivity index (χ4v) is 1.82. The predicted molar refractivity (Wildman–Crippen MR) is 86.7 cm³/mol. The van der Waals surface area contributed by atoms with Gasteiger partial charge in [-0.05, 0) is 66.7 Å². The number of aliphatic hydroxyl groups excluding tert-OH is 1. The summed E-state index contributed by atoms with van der Waals surface area (Å²) in [5.41, 5.74) is 4.04. The van der Waals surface area contributed by atoms with E-state index in [1.807, 2.05) is 6.08 Å². The third-order valence-electron chi connectivity index (χ3n) is 3.28. The number of Topliss-reactive ketones (excluding diaryl/α,β-unsaturated/α-hetero) is 1. The topological polar surface area (TPSA) is 37.3 Å². The monoisotopic (exact) mass is 278 g/mol. The Bertz CT molecular complexity index is 382. The number of allylic oxidation sites excluding steroid dienone is 5. The van der Waals surface area contributed by atoms with E-state index >= 15 is 0 Å². The first kappa shape index (κ1) is 18.9. The molecule has 2 heteroatoms. The van der Waals surface area contributed by atoms with Crippen LogP contribution >= 0.6 is 0 Å². The highest BCUT2D eigenvalue weighted by molar-refractivity contribution is 5.80. The molecule has 0 saturated heterocycles. The van der Waals surface area contributed by atoms with Crippen molar-refractivity contribution in [2.24, 2.45) is 0 Å². The average Bonchev–Trinajstić information content (AvgIpc) is 2.35. The number of ketones is 1. The third kappa shape index (κ3) is 10.7. The molecule has 2 nitrogen and oxygen atoms in total. The van der Waals surface area contributed by atoms with Gasteiger partial charge in [-0.15, -0.1) is 0 Å². The molecule has 0 saturated carbocycles. The van der Waals surface area contributed by atoms with Gasteiger partial charge in [-0.1, -0.05) is 34.9 Å². The van der Waals surface area contributed by atoms with E-state index in [1.165, 1.54) is 23.6 Å². The van der Waals surface area contributed by atoms with Crippen molar-refractivity contribution in [3.8, 4) is 0 Å².